The predicted molar refractivity (Wildman–Crippen MR) is 127 cm³/mol. The molecule has 1 saturated heterocycles. The van der Waals surface area contributed by atoms with Gasteiger partial charge >= 0.3 is 0 Å². The van der Waals surface area contributed by atoms with Crippen molar-refractivity contribution < 1.29 is 4.79 Å². The second-order valence-corrected chi connectivity index (χ2v) is 8.15. The summed E-state index contributed by atoms with van der Waals surface area (Å²) in [6.45, 7) is 4.70. The number of aryl methyl sites for hydroxylation is 1. The van der Waals surface area contributed by atoms with Gasteiger partial charge < -0.3 is 9.80 Å². The fourth-order valence-corrected chi connectivity index (χ4v) is 4.37. The van der Waals surface area contributed by atoms with Crippen LogP contribution < -0.4 is 4.90 Å². The molecule has 1 aliphatic heterocycles. The summed E-state index contributed by atoms with van der Waals surface area (Å²) in [4.78, 5) is 31.0. The Hall–Kier alpha value is -4.00. The molecule has 7 nitrogen and oxygen atoms in total. The molecule has 2 aromatic heterocycles. The van der Waals surface area contributed by atoms with E-state index in [1.54, 1.807) is 12.5 Å². The highest BCUT2D eigenvalue weighted by Crippen LogP contribution is 2.28. The number of hydrogen-bond acceptors (Lipinski definition) is 5. The lowest BCUT2D eigenvalue weighted by Crippen LogP contribution is -2.50. The van der Waals surface area contributed by atoms with Crippen molar-refractivity contribution in [2.45, 2.75) is 12.8 Å². The highest BCUT2D eigenvalue weighted by molar-refractivity contribution is 5.87. The number of benzene rings is 2. The van der Waals surface area contributed by atoms with E-state index in [0.717, 1.165) is 41.7 Å². The van der Waals surface area contributed by atoms with E-state index < -0.39 is 0 Å². The molecule has 33 heavy (non-hydrogen) atoms. The lowest BCUT2D eigenvalue weighted by molar-refractivity contribution is -0.132. The summed E-state index contributed by atoms with van der Waals surface area (Å²) in [5, 5.41) is 0. The highest BCUT2D eigenvalue weighted by atomic mass is 16.2. The van der Waals surface area contributed by atoms with E-state index >= 15 is 0 Å². The van der Waals surface area contributed by atoms with Crippen molar-refractivity contribution in [3.63, 3.8) is 0 Å². The van der Waals surface area contributed by atoms with Crippen LogP contribution in [-0.2, 0) is 4.79 Å². The standard InChI is InChI=1S/C26H26N6O/c1-20-27-12-13-32(20)24-18-23(28-19-29-24)30-14-16-31(17-15-30)26(33)25(21-8-4-2-5-9-21)22-10-6-3-7-11-22/h2-13,18-19,25H,14-17H2,1H3. The van der Waals surface area contributed by atoms with E-state index in [2.05, 4.69) is 19.9 Å². The molecule has 5 rings (SSSR count). The molecule has 1 fully saturated rings. The fourth-order valence-electron chi connectivity index (χ4n) is 4.37. The number of hydrogen-bond donors (Lipinski definition) is 0. The summed E-state index contributed by atoms with van der Waals surface area (Å²) in [6.07, 6.45) is 5.24. The number of nitrogens with zero attached hydrogens (tertiary/aromatic N) is 6. The van der Waals surface area contributed by atoms with Gasteiger partial charge in [0, 0.05) is 44.6 Å². The van der Waals surface area contributed by atoms with E-state index in [0.29, 0.717) is 13.1 Å². The normalized spacial score (nSPS) is 14.0. The van der Waals surface area contributed by atoms with Crippen LogP contribution in [0.25, 0.3) is 5.82 Å². The van der Waals surface area contributed by atoms with Crippen molar-refractivity contribution in [2.24, 2.45) is 0 Å². The Labute approximate surface area is 193 Å². The van der Waals surface area contributed by atoms with Crippen LogP contribution in [0.5, 0.6) is 0 Å². The van der Waals surface area contributed by atoms with Crippen molar-refractivity contribution in [1.29, 1.82) is 0 Å². The molecule has 0 atom stereocenters. The zero-order valence-corrected chi connectivity index (χ0v) is 18.6. The largest absolute Gasteiger partial charge is 0.353 e. The van der Waals surface area contributed by atoms with Gasteiger partial charge in [-0.1, -0.05) is 60.7 Å². The number of carbonyl (C=O) groups excluding carboxylic acids is 1. The minimum Gasteiger partial charge on any atom is -0.353 e. The second kappa shape index (κ2) is 9.24. The summed E-state index contributed by atoms with van der Waals surface area (Å²) in [6, 6.07) is 22.0. The van der Waals surface area contributed by atoms with Gasteiger partial charge in [-0.05, 0) is 18.1 Å². The zero-order valence-electron chi connectivity index (χ0n) is 18.6. The third kappa shape index (κ3) is 4.35. The second-order valence-electron chi connectivity index (χ2n) is 8.15. The molecule has 4 aromatic rings. The molecule has 3 heterocycles. The number of imidazole rings is 1. The van der Waals surface area contributed by atoms with Gasteiger partial charge in [0.1, 0.15) is 23.8 Å². The molecule has 0 unspecified atom stereocenters. The van der Waals surface area contributed by atoms with Crippen LogP contribution in [0.3, 0.4) is 0 Å². The summed E-state index contributed by atoms with van der Waals surface area (Å²) in [5.41, 5.74) is 2.04. The maximum Gasteiger partial charge on any atom is 0.234 e. The van der Waals surface area contributed by atoms with Crippen LogP contribution >= 0.6 is 0 Å². The Bertz CT molecular complexity index is 1180. The first-order valence-electron chi connectivity index (χ1n) is 11.2. The van der Waals surface area contributed by atoms with E-state index in [4.69, 9.17) is 0 Å². The molecule has 0 saturated carbocycles. The van der Waals surface area contributed by atoms with E-state index in [1.165, 1.54) is 0 Å². The van der Waals surface area contributed by atoms with Crippen LogP contribution in [0.4, 0.5) is 5.82 Å². The minimum atomic E-state index is -0.297. The quantitative estimate of drug-likeness (QED) is 0.477. The Morgan fingerprint density at radius 1 is 0.818 bits per heavy atom. The molecule has 7 heteroatoms. The molecule has 1 aliphatic rings. The summed E-state index contributed by atoms with van der Waals surface area (Å²) in [7, 11) is 0. The lowest BCUT2D eigenvalue weighted by Gasteiger charge is -2.37. The van der Waals surface area contributed by atoms with E-state index in [9.17, 15) is 4.79 Å². The summed E-state index contributed by atoms with van der Waals surface area (Å²) in [5.74, 6) is 2.38. The van der Waals surface area contributed by atoms with Crippen molar-refractivity contribution in [3.8, 4) is 5.82 Å². The Morgan fingerprint density at radius 3 is 2.00 bits per heavy atom. The van der Waals surface area contributed by atoms with Crippen molar-refractivity contribution in [3.05, 3.63) is 102 Å². The van der Waals surface area contributed by atoms with Crippen LogP contribution in [0.15, 0.2) is 85.5 Å². The van der Waals surface area contributed by atoms with Gasteiger partial charge in [-0.3, -0.25) is 9.36 Å². The average molecular weight is 439 g/mol. The molecule has 0 spiro atoms. The SMILES string of the molecule is Cc1nccn1-c1cc(N2CCN(C(=O)C(c3ccccc3)c3ccccc3)CC2)ncn1. The summed E-state index contributed by atoms with van der Waals surface area (Å²) < 4.78 is 1.94. The fraction of sp³-hybridized carbons (Fsp3) is 0.231. The lowest BCUT2D eigenvalue weighted by atomic mass is 9.90. The van der Waals surface area contributed by atoms with Gasteiger partial charge in [0.25, 0.3) is 0 Å². The highest BCUT2D eigenvalue weighted by Gasteiger charge is 2.30. The van der Waals surface area contributed by atoms with Gasteiger partial charge in [0.05, 0.1) is 5.92 Å². The average Bonchev–Trinajstić information content (AvgIpc) is 3.31. The van der Waals surface area contributed by atoms with Crippen LogP contribution in [-0.4, -0.2) is 56.5 Å². The van der Waals surface area contributed by atoms with Gasteiger partial charge in [-0.15, -0.1) is 0 Å². The number of anilines is 1. The monoisotopic (exact) mass is 438 g/mol. The molecule has 0 aliphatic carbocycles. The minimum absolute atomic E-state index is 0.143. The van der Waals surface area contributed by atoms with Crippen LogP contribution in [0, 0.1) is 6.92 Å². The Balaban J connectivity index is 1.32. The topological polar surface area (TPSA) is 67.2 Å². The summed E-state index contributed by atoms with van der Waals surface area (Å²) >= 11 is 0. The zero-order chi connectivity index (χ0) is 22.6. The third-order valence-corrected chi connectivity index (χ3v) is 6.14. The Morgan fingerprint density at radius 2 is 1.42 bits per heavy atom. The third-order valence-electron chi connectivity index (χ3n) is 6.14. The molecular formula is C26H26N6O. The Kier molecular flexibility index (Phi) is 5.85. The van der Waals surface area contributed by atoms with Crippen LogP contribution in [0.1, 0.15) is 22.9 Å². The maximum absolute atomic E-state index is 13.7. The van der Waals surface area contributed by atoms with Crippen molar-refractivity contribution in [2.75, 3.05) is 31.1 Å². The van der Waals surface area contributed by atoms with E-state index in [-0.39, 0.29) is 11.8 Å². The first-order chi connectivity index (χ1) is 16.2. The maximum atomic E-state index is 13.7. The number of carbonyl (C=O) groups is 1. The van der Waals surface area contributed by atoms with Crippen LogP contribution in [0.2, 0.25) is 0 Å². The number of aromatic nitrogens is 4. The first-order valence-corrected chi connectivity index (χ1v) is 11.2. The smallest absolute Gasteiger partial charge is 0.234 e. The van der Waals surface area contributed by atoms with E-state index in [1.807, 2.05) is 89.3 Å². The molecule has 1 amide bonds. The molecule has 166 valence electrons. The van der Waals surface area contributed by atoms with Gasteiger partial charge in [-0.2, -0.15) is 0 Å². The molecule has 2 aromatic carbocycles. The molecule has 0 radical (unpaired) electrons. The molecule has 0 bridgehead atoms. The van der Waals surface area contributed by atoms with Gasteiger partial charge in [-0.25, -0.2) is 15.0 Å². The number of rotatable bonds is 5. The van der Waals surface area contributed by atoms with Crippen molar-refractivity contribution in [1.82, 2.24) is 24.4 Å². The first kappa shape index (κ1) is 20.9. The molecule has 0 N–H and O–H groups in total. The predicted octanol–water partition coefficient (Wildman–Crippen LogP) is 3.45. The van der Waals surface area contributed by atoms with Crippen molar-refractivity contribution >= 4 is 11.7 Å². The number of piperazine rings is 1. The number of amides is 1. The van der Waals surface area contributed by atoms with Gasteiger partial charge in [0.15, 0.2) is 0 Å². The molecular weight excluding hydrogens is 412 g/mol. The van der Waals surface area contributed by atoms with Gasteiger partial charge in [0.2, 0.25) is 5.91 Å².